The molecule has 0 fully saturated rings. The molecule has 178 valence electrons. The zero-order valence-electron chi connectivity index (χ0n) is 20.2. The van der Waals surface area contributed by atoms with E-state index in [-0.39, 0.29) is 0 Å². The minimum absolute atomic E-state index is 0.305. The van der Waals surface area contributed by atoms with Crippen LogP contribution >= 0.6 is 0 Å². The number of benzene rings is 2. The summed E-state index contributed by atoms with van der Waals surface area (Å²) in [5.41, 5.74) is 5.24. The highest BCUT2D eigenvalue weighted by molar-refractivity contribution is 5.94. The highest BCUT2D eigenvalue weighted by atomic mass is 16.7. The number of rotatable bonds is 9. The highest BCUT2D eigenvalue weighted by Crippen LogP contribution is 2.44. The SMILES string of the molecule is CCCCCCCCCCc1c2c3c(ccc2cc2[n+]1CCc1cc4c(cc1-2)OCO4)OCO3. The van der Waals surface area contributed by atoms with Crippen molar-refractivity contribution in [3.63, 3.8) is 0 Å². The molecule has 5 heteroatoms. The third-order valence-electron chi connectivity index (χ3n) is 7.52. The summed E-state index contributed by atoms with van der Waals surface area (Å²) in [4.78, 5) is 0. The fourth-order valence-electron chi connectivity index (χ4n) is 5.74. The van der Waals surface area contributed by atoms with E-state index in [1.165, 1.54) is 84.7 Å². The van der Waals surface area contributed by atoms with Crippen LogP contribution in [-0.4, -0.2) is 13.6 Å². The summed E-state index contributed by atoms with van der Waals surface area (Å²) in [5, 5.41) is 2.45. The molecule has 0 atom stereocenters. The first-order valence-electron chi connectivity index (χ1n) is 13.0. The van der Waals surface area contributed by atoms with Crippen molar-refractivity contribution in [2.45, 2.75) is 77.7 Å². The molecule has 0 radical (unpaired) electrons. The van der Waals surface area contributed by atoms with Gasteiger partial charge >= 0.3 is 0 Å². The van der Waals surface area contributed by atoms with Crippen molar-refractivity contribution in [1.82, 2.24) is 0 Å². The first kappa shape index (κ1) is 21.6. The van der Waals surface area contributed by atoms with Gasteiger partial charge in [-0.1, -0.05) is 51.9 Å². The van der Waals surface area contributed by atoms with E-state index in [0.717, 1.165) is 42.4 Å². The van der Waals surface area contributed by atoms with E-state index in [0.29, 0.717) is 13.6 Å². The van der Waals surface area contributed by atoms with Crippen LogP contribution in [0.25, 0.3) is 22.0 Å². The number of ether oxygens (including phenoxy) is 4. The van der Waals surface area contributed by atoms with Crippen molar-refractivity contribution in [1.29, 1.82) is 0 Å². The molecule has 0 saturated heterocycles. The fourth-order valence-corrected chi connectivity index (χ4v) is 5.74. The molecule has 4 heterocycles. The summed E-state index contributed by atoms with van der Waals surface area (Å²) in [6.07, 6.45) is 12.6. The third kappa shape index (κ3) is 3.85. The monoisotopic (exact) mass is 460 g/mol. The summed E-state index contributed by atoms with van der Waals surface area (Å²) in [6.45, 7) is 3.86. The van der Waals surface area contributed by atoms with E-state index >= 15 is 0 Å². The maximum atomic E-state index is 5.98. The van der Waals surface area contributed by atoms with Gasteiger partial charge in [-0.25, -0.2) is 0 Å². The molecule has 6 rings (SSSR count). The molecule has 0 unspecified atom stereocenters. The van der Waals surface area contributed by atoms with Crippen LogP contribution < -0.4 is 23.5 Å². The Bertz CT molecular complexity index is 1220. The summed E-state index contributed by atoms with van der Waals surface area (Å²) in [5.74, 6) is 3.50. The van der Waals surface area contributed by atoms with Gasteiger partial charge in [0, 0.05) is 18.9 Å². The van der Waals surface area contributed by atoms with Gasteiger partial charge in [0.15, 0.2) is 35.2 Å². The molecular formula is C29H34NO4+. The number of unbranched alkanes of at least 4 members (excludes halogenated alkanes) is 7. The second-order valence-corrected chi connectivity index (χ2v) is 9.73. The van der Waals surface area contributed by atoms with Crippen LogP contribution in [0.15, 0.2) is 30.3 Å². The topological polar surface area (TPSA) is 40.8 Å². The van der Waals surface area contributed by atoms with Crippen LogP contribution in [-0.2, 0) is 19.4 Å². The van der Waals surface area contributed by atoms with Gasteiger partial charge in [-0.15, -0.1) is 0 Å². The molecule has 3 aliphatic heterocycles. The Hall–Kier alpha value is -2.95. The average molecular weight is 461 g/mol. The van der Waals surface area contributed by atoms with Gasteiger partial charge in [-0.05, 0) is 41.6 Å². The molecular weight excluding hydrogens is 426 g/mol. The van der Waals surface area contributed by atoms with E-state index in [1.807, 2.05) is 6.07 Å². The zero-order valence-corrected chi connectivity index (χ0v) is 20.2. The Morgan fingerprint density at radius 2 is 1.50 bits per heavy atom. The van der Waals surface area contributed by atoms with E-state index in [4.69, 9.17) is 18.9 Å². The van der Waals surface area contributed by atoms with Crippen molar-refractivity contribution in [2.75, 3.05) is 13.6 Å². The molecule has 0 N–H and O–H groups in total. The molecule has 0 bridgehead atoms. The summed E-state index contributed by atoms with van der Waals surface area (Å²) in [7, 11) is 0. The normalized spacial score (nSPS) is 15.0. The van der Waals surface area contributed by atoms with Crippen LogP contribution in [0.1, 0.15) is 69.5 Å². The molecule has 3 aromatic rings. The third-order valence-corrected chi connectivity index (χ3v) is 7.52. The van der Waals surface area contributed by atoms with Crippen molar-refractivity contribution in [3.05, 3.63) is 41.6 Å². The van der Waals surface area contributed by atoms with Gasteiger partial charge in [0.25, 0.3) is 0 Å². The largest absolute Gasteiger partial charge is 0.454 e. The summed E-state index contributed by atoms with van der Waals surface area (Å²) in [6, 6.07) is 10.9. The fraction of sp³-hybridized carbons (Fsp3) is 0.483. The molecule has 0 amide bonds. The molecule has 0 aliphatic carbocycles. The maximum Gasteiger partial charge on any atom is 0.231 e. The Morgan fingerprint density at radius 1 is 0.765 bits per heavy atom. The quantitative estimate of drug-likeness (QED) is 0.270. The Balaban J connectivity index is 1.34. The number of aryl methyl sites for hydroxylation is 2. The second kappa shape index (κ2) is 9.36. The summed E-state index contributed by atoms with van der Waals surface area (Å²) < 4.78 is 25.6. The van der Waals surface area contributed by atoms with Gasteiger partial charge in [0.1, 0.15) is 0 Å². The lowest BCUT2D eigenvalue weighted by Gasteiger charge is -2.19. The Morgan fingerprint density at radius 3 is 2.35 bits per heavy atom. The number of nitrogens with zero attached hydrogens (tertiary/aromatic N) is 1. The zero-order chi connectivity index (χ0) is 22.9. The van der Waals surface area contributed by atoms with E-state index < -0.39 is 0 Å². The lowest BCUT2D eigenvalue weighted by atomic mass is 9.92. The smallest absolute Gasteiger partial charge is 0.231 e. The van der Waals surface area contributed by atoms with Gasteiger partial charge in [0.2, 0.25) is 19.3 Å². The lowest BCUT2D eigenvalue weighted by Crippen LogP contribution is -2.44. The number of aromatic nitrogens is 1. The van der Waals surface area contributed by atoms with Crippen molar-refractivity contribution in [3.8, 4) is 34.3 Å². The molecule has 3 aliphatic rings. The van der Waals surface area contributed by atoms with Crippen LogP contribution in [0.4, 0.5) is 0 Å². The molecule has 34 heavy (non-hydrogen) atoms. The van der Waals surface area contributed by atoms with Crippen molar-refractivity contribution >= 4 is 10.8 Å². The van der Waals surface area contributed by atoms with Gasteiger partial charge in [-0.3, -0.25) is 0 Å². The van der Waals surface area contributed by atoms with Crippen LogP contribution in [0.3, 0.4) is 0 Å². The van der Waals surface area contributed by atoms with Gasteiger partial charge in [0.05, 0.1) is 10.9 Å². The molecule has 0 saturated carbocycles. The number of pyridine rings is 1. The van der Waals surface area contributed by atoms with Gasteiger partial charge < -0.3 is 18.9 Å². The predicted octanol–water partition coefficient (Wildman–Crippen LogP) is 6.49. The molecule has 5 nitrogen and oxygen atoms in total. The lowest BCUT2D eigenvalue weighted by molar-refractivity contribution is -0.693. The Kier molecular flexibility index (Phi) is 5.94. The number of hydrogen-bond donors (Lipinski definition) is 0. The van der Waals surface area contributed by atoms with E-state index in [9.17, 15) is 0 Å². The first-order chi connectivity index (χ1) is 16.8. The number of fused-ring (bicyclic) bond motifs is 7. The van der Waals surface area contributed by atoms with Crippen LogP contribution in [0, 0.1) is 0 Å². The van der Waals surface area contributed by atoms with Gasteiger partial charge in [-0.2, -0.15) is 4.57 Å². The number of hydrogen-bond acceptors (Lipinski definition) is 4. The minimum Gasteiger partial charge on any atom is -0.454 e. The second-order valence-electron chi connectivity index (χ2n) is 9.73. The first-order valence-corrected chi connectivity index (χ1v) is 13.0. The summed E-state index contributed by atoms with van der Waals surface area (Å²) >= 11 is 0. The van der Waals surface area contributed by atoms with Crippen molar-refractivity contribution in [2.24, 2.45) is 0 Å². The van der Waals surface area contributed by atoms with E-state index in [2.05, 4.69) is 35.8 Å². The van der Waals surface area contributed by atoms with Crippen LogP contribution in [0.5, 0.6) is 23.0 Å². The molecule has 2 aromatic carbocycles. The maximum absolute atomic E-state index is 5.98. The van der Waals surface area contributed by atoms with Crippen molar-refractivity contribution < 1.29 is 23.5 Å². The average Bonchev–Trinajstić information content (AvgIpc) is 3.52. The predicted molar refractivity (Wildman–Crippen MR) is 132 cm³/mol. The van der Waals surface area contributed by atoms with Crippen LogP contribution in [0.2, 0.25) is 0 Å². The van der Waals surface area contributed by atoms with E-state index in [1.54, 1.807) is 0 Å². The standard InChI is InChI=1S/C29H34NO4/c1-2-3-4-5-6-7-8-9-10-23-28-21(11-12-25-29(28)34-19-31-25)15-24-22-17-27-26(32-18-33-27)16-20(22)13-14-30(23)24/h11-12,15-17H,2-10,13-14,18-19H2,1H3/q+1. The molecule has 0 spiro atoms. The minimum atomic E-state index is 0.305. The molecule has 1 aromatic heterocycles. The Labute approximate surface area is 201 Å². The highest BCUT2D eigenvalue weighted by Gasteiger charge is 2.33.